The quantitative estimate of drug-likeness (QED) is 0.667. The van der Waals surface area contributed by atoms with Gasteiger partial charge in [0.15, 0.2) is 11.6 Å². The van der Waals surface area contributed by atoms with Crippen LogP contribution in [0.25, 0.3) is 0 Å². The molecule has 0 fully saturated rings. The van der Waals surface area contributed by atoms with E-state index < -0.39 is 0 Å². The molecule has 0 saturated heterocycles. The molecule has 0 saturated carbocycles. The van der Waals surface area contributed by atoms with Crippen molar-refractivity contribution in [2.24, 2.45) is 0 Å². The largest absolute Gasteiger partial charge is 0.455 e. The molecule has 7 heteroatoms. The SMILES string of the molecule is Cc1ccc(Oc2ccccc2NC(=O)CSCc2noc(C)n2)cc1. The van der Waals surface area contributed by atoms with Gasteiger partial charge in [0, 0.05) is 6.92 Å². The fourth-order valence-electron chi connectivity index (χ4n) is 2.21. The minimum Gasteiger partial charge on any atom is -0.455 e. The number of hydrogen-bond donors (Lipinski definition) is 1. The summed E-state index contributed by atoms with van der Waals surface area (Å²) in [5.41, 5.74) is 1.79. The number of rotatable bonds is 7. The molecule has 1 amide bonds. The van der Waals surface area contributed by atoms with Crippen molar-refractivity contribution < 1.29 is 14.1 Å². The van der Waals surface area contributed by atoms with Gasteiger partial charge in [0.1, 0.15) is 5.75 Å². The number of benzene rings is 2. The predicted molar refractivity (Wildman–Crippen MR) is 102 cm³/mol. The van der Waals surface area contributed by atoms with Crippen molar-refractivity contribution >= 4 is 23.4 Å². The Morgan fingerprint density at radius 1 is 1.15 bits per heavy atom. The number of carbonyl (C=O) groups is 1. The van der Waals surface area contributed by atoms with Crippen molar-refractivity contribution in [3.05, 3.63) is 65.8 Å². The average Bonchev–Trinajstić information content (AvgIpc) is 3.04. The third kappa shape index (κ3) is 5.10. The number of aryl methyl sites for hydroxylation is 2. The van der Waals surface area contributed by atoms with Crippen LogP contribution in [0.1, 0.15) is 17.3 Å². The van der Waals surface area contributed by atoms with Gasteiger partial charge in [0.25, 0.3) is 0 Å². The summed E-state index contributed by atoms with van der Waals surface area (Å²) in [5, 5.41) is 6.69. The zero-order valence-electron chi connectivity index (χ0n) is 14.6. The van der Waals surface area contributed by atoms with E-state index in [9.17, 15) is 4.79 Å². The monoisotopic (exact) mass is 369 g/mol. The van der Waals surface area contributed by atoms with Crippen LogP contribution in [0.3, 0.4) is 0 Å². The van der Waals surface area contributed by atoms with E-state index in [1.54, 1.807) is 6.92 Å². The third-order valence-electron chi connectivity index (χ3n) is 3.44. The summed E-state index contributed by atoms with van der Waals surface area (Å²) in [5.74, 6) is 3.12. The lowest BCUT2D eigenvalue weighted by Gasteiger charge is -2.12. The van der Waals surface area contributed by atoms with Gasteiger partial charge >= 0.3 is 0 Å². The molecule has 3 rings (SSSR count). The van der Waals surface area contributed by atoms with Crippen LogP contribution >= 0.6 is 11.8 Å². The Morgan fingerprint density at radius 3 is 2.65 bits per heavy atom. The van der Waals surface area contributed by atoms with Crippen molar-refractivity contribution in [1.82, 2.24) is 10.1 Å². The second-order valence-electron chi connectivity index (χ2n) is 5.68. The first-order valence-electron chi connectivity index (χ1n) is 8.10. The molecule has 1 N–H and O–H groups in total. The molecule has 1 aromatic heterocycles. The van der Waals surface area contributed by atoms with Crippen LogP contribution in [-0.2, 0) is 10.5 Å². The number of amides is 1. The fourth-order valence-corrected chi connectivity index (χ4v) is 2.87. The highest BCUT2D eigenvalue weighted by atomic mass is 32.2. The summed E-state index contributed by atoms with van der Waals surface area (Å²) < 4.78 is 10.8. The lowest BCUT2D eigenvalue weighted by molar-refractivity contribution is -0.113. The Kier molecular flexibility index (Phi) is 5.91. The number of carbonyl (C=O) groups excluding carboxylic acids is 1. The van der Waals surface area contributed by atoms with E-state index in [-0.39, 0.29) is 11.7 Å². The van der Waals surface area contributed by atoms with Gasteiger partial charge in [-0.25, -0.2) is 0 Å². The van der Waals surface area contributed by atoms with Gasteiger partial charge < -0.3 is 14.6 Å². The molecule has 1 heterocycles. The highest BCUT2D eigenvalue weighted by Gasteiger charge is 2.10. The van der Waals surface area contributed by atoms with Crippen LogP contribution in [0.5, 0.6) is 11.5 Å². The minimum atomic E-state index is -0.116. The second kappa shape index (κ2) is 8.53. The van der Waals surface area contributed by atoms with Gasteiger partial charge in [-0.3, -0.25) is 4.79 Å². The normalized spacial score (nSPS) is 10.5. The van der Waals surface area contributed by atoms with E-state index in [1.165, 1.54) is 11.8 Å². The van der Waals surface area contributed by atoms with Gasteiger partial charge in [-0.2, -0.15) is 4.98 Å². The van der Waals surface area contributed by atoms with Gasteiger partial charge in [-0.15, -0.1) is 11.8 Å². The zero-order chi connectivity index (χ0) is 18.4. The third-order valence-corrected chi connectivity index (χ3v) is 4.37. The number of para-hydroxylation sites is 2. The molecular weight excluding hydrogens is 350 g/mol. The van der Waals surface area contributed by atoms with Gasteiger partial charge in [-0.05, 0) is 31.2 Å². The van der Waals surface area contributed by atoms with Gasteiger partial charge in [0.2, 0.25) is 11.8 Å². The Hall–Kier alpha value is -2.80. The molecule has 0 bridgehead atoms. The molecule has 2 aromatic carbocycles. The molecule has 0 spiro atoms. The van der Waals surface area contributed by atoms with Crippen LogP contribution in [0.2, 0.25) is 0 Å². The molecule has 0 unspecified atom stereocenters. The smallest absolute Gasteiger partial charge is 0.234 e. The number of aromatic nitrogens is 2. The zero-order valence-corrected chi connectivity index (χ0v) is 15.4. The summed E-state index contributed by atoms with van der Waals surface area (Å²) in [7, 11) is 0. The summed E-state index contributed by atoms with van der Waals surface area (Å²) in [6.07, 6.45) is 0. The molecule has 134 valence electrons. The van der Waals surface area contributed by atoms with Crippen LogP contribution in [0.4, 0.5) is 5.69 Å². The van der Waals surface area contributed by atoms with E-state index >= 15 is 0 Å². The molecule has 0 aliphatic rings. The standard InChI is InChI=1S/C19H19N3O3S/c1-13-7-9-15(10-8-13)24-17-6-4-3-5-16(17)21-19(23)12-26-11-18-20-14(2)25-22-18/h3-10H,11-12H2,1-2H3,(H,21,23). The topological polar surface area (TPSA) is 77.2 Å². The number of hydrogen-bond acceptors (Lipinski definition) is 6. The maximum atomic E-state index is 12.2. The van der Waals surface area contributed by atoms with E-state index in [2.05, 4.69) is 15.5 Å². The van der Waals surface area contributed by atoms with E-state index in [4.69, 9.17) is 9.26 Å². The van der Waals surface area contributed by atoms with Crippen molar-refractivity contribution in [3.8, 4) is 11.5 Å². The number of anilines is 1. The number of nitrogens with one attached hydrogen (secondary N) is 1. The Balaban J connectivity index is 1.56. The first-order chi connectivity index (χ1) is 12.6. The van der Waals surface area contributed by atoms with E-state index in [0.29, 0.717) is 28.9 Å². The van der Waals surface area contributed by atoms with Crippen LogP contribution in [0, 0.1) is 13.8 Å². The highest BCUT2D eigenvalue weighted by molar-refractivity contribution is 7.99. The molecule has 6 nitrogen and oxygen atoms in total. The van der Waals surface area contributed by atoms with Crippen molar-refractivity contribution in [3.63, 3.8) is 0 Å². The molecule has 0 aliphatic heterocycles. The lowest BCUT2D eigenvalue weighted by Crippen LogP contribution is -2.14. The summed E-state index contributed by atoms with van der Waals surface area (Å²) in [6.45, 7) is 3.75. The minimum absolute atomic E-state index is 0.116. The van der Waals surface area contributed by atoms with Crippen molar-refractivity contribution in [2.45, 2.75) is 19.6 Å². The van der Waals surface area contributed by atoms with E-state index in [0.717, 1.165) is 11.3 Å². The average molecular weight is 369 g/mol. The molecule has 0 aliphatic carbocycles. The summed E-state index contributed by atoms with van der Waals surface area (Å²) in [6, 6.07) is 15.1. The molecule has 26 heavy (non-hydrogen) atoms. The van der Waals surface area contributed by atoms with Crippen LogP contribution in [-0.4, -0.2) is 21.8 Å². The number of nitrogens with zero attached hydrogens (tertiary/aromatic N) is 2. The second-order valence-corrected chi connectivity index (χ2v) is 6.67. The maximum absolute atomic E-state index is 12.2. The fraction of sp³-hybridized carbons (Fsp3) is 0.211. The van der Waals surface area contributed by atoms with Gasteiger partial charge in [0.05, 0.1) is 17.2 Å². The highest BCUT2D eigenvalue weighted by Crippen LogP contribution is 2.29. The molecular formula is C19H19N3O3S. The Bertz CT molecular complexity index is 878. The number of ether oxygens (including phenoxy) is 1. The summed E-state index contributed by atoms with van der Waals surface area (Å²) in [4.78, 5) is 16.3. The Morgan fingerprint density at radius 2 is 1.92 bits per heavy atom. The first kappa shape index (κ1) is 18.0. The maximum Gasteiger partial charge on any atom is 0.234 e. The molecule has 0 radical (unpaired) electrons. The van der Waals surface area contributed by atoms with Gasteiger partial charge in [-0.1, -0.05) is 35.0 Å². The summed E-state index contributed by atoms with van der Waals surface area (Å²) >= 11 is 1.42. The molecule has 3 aromatic rings. The van der Waals surface area contributed by atoms with Crippen LogP contribution < -0.4 is 10.1 Å². The number of thioether (sulfide) groups is 1. The van der Waals surface area contributed by atoms with Crippen molar-refractivity contribution in [1.29, 1.82) is 0 Å². The van der Waals surface area contributed by atoms with Crippen molar-refractivity contribution in [2.75, 3.05) is 11.1 Å². The lowest BCUT2D eigenvalue weighted by atomic mass is 10.2. The first-order valence-corrected chi connectivity index (χ1v) is 9.26. The Labute approximate surface area is 156 Å². The predicted octanol–water partition coefficient (Wildman–Crippen LogP) is 4.35. The van der Waals surface area contributed by atoms with Crippen LogP contribution in [0.15, 0.2) is 53.1 Å². The van der Waals surface area contributed by atoms with E-state index in [1.807, 2.05) is 55.5 Å². The molecule has 0 atom stereocenters.